The minimum Gasteiger partial charge on any atom is -0.497 e. The van der Waals surface area contributed by atoms with E-state index in [4.69, 9.17) is 9.47 Å². The fourth-order valence-electron chi connectivity index (χ4n) is 3.26. The number of rotatable bonds is 5. The Morgan fingerprint density at radius 1 is 1.04 bits per heavy atom. The third-order valence-electron chi connectivity index (χ3n) is 4.79. The van der Waals surface area contributed by atoms with Gasteiger partial charge in [0.2, 0.25) is 5.91 Å². The van der Waals surface area contributed by atoms with Crippen LogP contribution in [0.3, 0.4) is 0 Å². The SMILES string of the molecule is CCC(=O)N1CCc2ccc(NC(=O)Nc3ccc(OC)cc3OC)cc2C1. The summed E-state index contributed by atoms with van der Waals surface area (Å²) in [6.45, 7) is 3.18. The summed E-state index contributed by atoms with van der Waals surface area (Å²) in [4.78, 5) is 26.2. The summed E-state index contributed by atoms with van der Waals surface area (Å²) in [6, 6.07) is 10.6. The molecule has 0 spiro atoms. The van der Waals surface area contributed by atoms with Gasteiger partial charge in [-0.3, -0.25) is 4.79 Å². The summed E-state index contributed by atoms with van der Waals surface area (Å²) >= 11 is 0. The van der Waals surface area contributed by atoms with Crippen LogP contribution in [0.15, 0.2) is 36.4 Å². The van der Waals surface area contributed by atoms with E-state index in [1.54, 1.807) is 25.3 Å². The van der Waals surface area contributed by atoms with E-state index >= 15 is 0 Å². The molecule has 1 aliphatic heterocycles. The highest BCUT2D eigenvalue weighted by Gasteiger charge is 2.20. The van der Waals surface area contributed by atoms with Crippen molar-refractivity contribution in [1.82, 2.24) is 4.90 Å². The van der Waals surface area contributed by atoms with Gasteiger partial charge in [0.05, 0.1) is 19.9 Å². The van der Waals surface area contributed by atoms with Crippen LogP contribution in [0.25, 0.3) is 0 Å². The molecule has 0 bridgehead atoms. The number of carbonyl (C=O) groups is 2. The maximum Gasteiger partial charge on any atom is 0.323 e. The van der Waals surface area contributed by atoms with Gasteiger partial charge in [-0.15, -0.1) is 0 Å². The monoisotopic (exact) mass is 383 g/mol. The van der Waals surface area contributed by atoms with Crippen molar-refractivity contribution in [1.29, 1.82) is 0 Å². The maximum absolute atomic E-state index is 12.4. The number of nitrogens with zero attached hydrogens (tertiary/aromatic N) is 1. The topological polar surface area (TPSA) is 79.9 Å². The van der Waals surface area contributed by atoms with Crippen molar-refractivity contribution in [2.24, 2.45) is 0 Å². The number of fused-ring (bicyclic) bond motifs is 1. The molecule has 0 radical (unpaired) electrons. The first-order valence-corrected chi connectivity index (χ1v) is 9.23. The van der Waals surface area contributed by atoms with Crippen molar-refractivity contribution < 1.29 is 19.1 Å². The van der Waals surface area contributed by atoms with Crippen LogP contribution in [0.1, 0.15) is 24.5 Å². The van der Waals surface area contributed by atoms with E-state index in [0.717, 1.165) is 18.5 Å². The quantitative estimate of drug-likeness (QED) is 0.826. The van der Waals surface area contributed by atoms with E-state index in [-0.39, 0.29) is 11.9 Å². The zero-order chi connectivity index (χ0) is 20.1. The lowest BCUT2D eigenvalue weighted by Gasteiger charge is -2.29. The predicted octanol–water partition coefficient (Wildman–Crippen LogP) is 3.64. The molecule has 0 saturated carbocycles. The summed E-state index contributed by atoms with van der Waals surface area (Å²) in [5.74, 6) is 1.30. The van der Waals surface area contributed by atoms with Crippen LogP contribution >= 0.6 is 0 Å². The van der Waals surface area contributed by atoms with Crippen LogP contribution in [0.4, 0.5) is 16.2 Å². The van der Waals surface area contributed by atoms with Crippen LogP contribution in [-0.4, -0.2) is 37.6 Å². The Bertz CT molecular complexity index is 882. The van der Waals surface area contributed by atoms with Gasteiger partial charge in [0, 0.05) is 31.3 Å². The van der Waals surface area contributed by atoms with Gasteiger partial charge >= 0.3 is 6.03 Å². The number of carbonyl (C=O) groups excluding carboxylic acids is 2. The second-order valence-corrected chi connectivity index (χ2v) is 6.55. The van der Waals surface area contributed by atoms with Gasteiger partial charge in [-0.05, 0) is 41.8 Å². The van der Waals surface area contributed by atoms with Crippen molar-refractivity contribution in [3.63, 3.8) is 0 Å². The molecule has 2 aromatic carbocycles. The highest BCUT2D eigenvalue weighted by Crippen LogP contribution is 2.29. The lowest BCUT2D eigenvalue weighted by Crippen LogP contribution is -2.35. The number of benzene rings is 2. The first-order chi connectivity index (χ1) is 13.5. The lowest BCUT2D eigenvalue weighted by molar-refractivity contribution is -0.131. The second kappa shape index (κ2) is 8.65. The van der Waals surface area contributed by atoms with Gasteiger partial charge in [0.15, 0.2) is 0 Å². The number of methoxy groups -OCH3 is 2. The molecule has 7 nitrogen and oxygen atoms in total. The Morgan fingerprint density at radius 3 is 2.57 bits per heavy atom. The molecule has 0 aromatic heterocycles. The van der Waals surface area contributed by atoms with Gasteiger partial charge in [-0.1, -0.05) is 13.0 Å². The standard InChI is InChI=1S/C21H25N3O4/c1-4-20(25)24-10-9-14-5-6-16(11-15(14)13-24)22-21(26)23-18-8-7-17(27-2)12-19(18)28-3/h5-8,11-12H,4,9-10,13H2,1-3H3,(H2,22,23,26). The summed E-state index contributed by atoms with van der Waals surface area (Å²) < 4.78 is 10.5. The largest absolute Gasteiger partial charge is 0.497 e. The summed E-state index contributed by atoms with van der Waals surface area (Å²) in [6.07, 6.45) is 1.33. The zero-order valence-corrected chi connectivity index (χ0v) is 16.4. The van der Waals surface area contributed by atoms with Crippen LogP contribution in [0.5, 0.6) is 11.5 Å². The molecule has 1 aliphatic rings. The van der Waals surface area contributed by atoms with Gasteiger partial charge in [0.1, 0.15) is 11.5 Å². The van der Waals surface area contributed by atoms with Crippen LogP contribution in [0.2, 0.25) is 0 Å². The predicted molar refractivity (Wildman–Crippen MR) is 108 cm³/mol. The Kier molecular flexibility index (Phi) is 6.03. The van der Waals surface area contributed by atoms with E-state index in [1.807, 2.05) is 30.0 Å². The number of anilines is 2. The normalized spacial score (nSPS) is 12.8. The van der Waals surface area contributed by atoms with Crippen molar-refractivity contribution >= 4 is 23.3 Å². The summed E-state index contributed by atoms with van der Waals surface area (Å²) in [7, 11) is 3.10. The summed E-state index contributed by atoms with van der Waals surface area (Å²) in [5, 5.41) is 5.62. The van der Waals surface area contributed by atoms with Crippen molar-refractivity contribution in [2.45, 2.75) is 26.3 Å². The van der Waals surface area contributed by atoms with E-state index in [0.29, 0.717) is 35.8 Å². The smallest absolute Gasteiger partial charge is 0.323 e. The van der Waals surface area contributed by atoms with E-state index in [2.05, 4.69) is 10.6 Å². The molecular formula is C21H25N3O4. The minimum atomic E-state index is -0.374. The third kappa shape index (κ3) is 4.36. The number of amides is 3. The molecule has 0 atom stereocenters. The Hall–Kier alpha value is -3.22. The number of ether oxygens (including phenoxy) is 2. The van der Waals surface area contributed by atoms with Crippen molar-refractivity contribution in [2.75, 3.05) is 31.4 Å². The number of urea groups is 1. The van der Waals surface area contributed by atoms with Gasteiger partial charge in [-0.25, -0.2) is 4.79 Å². The lowest BCUT2D eigenvalue weighted by atomic mass is 9.99. The van der Waals surface area contributed by atoms with Gasteiger partial charge in [-0.2, -0.15) is 0 Å². The molecule has 3 rings (SSSR count). The Morgan fingerprint density at radius 2 is 1.86 bits per heavy atom. The first-order valence-electron chi connectivity index (χ1n) is 9.23. The zero-order valence-electron chi connectivity index (χ0n) is 16.4. The average molecular weight is 383 g/mol. The molecule has 28 heavy (non-hydrogen) atoms. The highest BCUT2D eigenvalue weighted by molar-refractivity contribution is 6.00. The molecule has 3 amide bonds. The molecule has 148 valence electrons. The Balaban J connectivity index is 1.69. The molecule has 2 N–H and O–H groups in total. The first kappa shape index (κ1) is 19.5. The number of nitrogens with one attached hydrogen (secondary N) is 2. The summed E-state index contributed by atoms with van der Waals surface area (Å²) in [5.41, 5.74) is 3.49. The fraction of sp³-hybridized carbons (Fsp3) is 0.333. The number of hydrogen-bond acceptors (Lipinski definition) is 4. The van der Waals surface area contributed by atoms with Crippen molar-refractivity contribution in [3.05, 3.63) is 47.5 Å². The molecule has 0 fully saturated rings. The molecule has 0 saturated heterocycles. The number of hydrogen-bond donors (Lipinski definition) is 2. The van der Waals surface area contributed by atoms with E-state index in [1.165, 1.54) is 12.7 Å². The molecular weight excluding hydrogens is 358 g/mol. The molecule has 0 unspecified atom stereocenters. The minimum absolute atomic E-state index is 0.147. The Labute approximate surface area is 164 Å². The van der Waals surface area contributed by atoms with Crippen LogP contribution in [0, 0.1) is 0 Å². The maximum atomic E-state index is 12.4. The molecule has 1 heterocycles. The van der Waals surface area contributed by atoms with Gasteiger partial charge in [0.25, 0.3) is 0 Å². The second-order valence-electron chi connectivity index (χ2n) is 6.55. The molecule has 7 heteroatoms. The van der Waals surface area contributed by atoms with Crippen LogP contribution in [-0.2, 0) is 17.8 Å². The van der Waals surface area contributed by atoms with Crippen molar-refractivity contribution in [3.8, 4) is 11.5 Å². The highest BCUT2D eigenvalue weighted by atomic mass is 16.5. The average Bonchev–Trinajstić information content (AvgIpc) is 2.72. The van der Waals surface area contributed by atoms with Crippen LogP contribution < -0.4 is 20.1 Å². The third-order valence-corrected chi connectivity index (χ3v) is 4.79. The van der Waals surface area contributed by atoms with E-state index < -0.39 is 0 Å². The van der Waals surface area contributed by atoms with E-state index in [9.17, 15) is 9.59 Å². The van der Waals surface area contributed by atoms with Gasteiger partial charge < -0.3 is 25.0 Å². The fourth-order valence-corrected chi connectivity index (χ4v) is 3.26. The molecule has 0 aliphatic carbocycles. The molecule has 2 aromatic rings.